The maximum absolute atomic E-state index is 5.46. The maximum atomic E-state index is 5.46. The summed E-state index contributed by atoms with van der Waals surface area (Å²) >= 11 is 0. The van der Waals surface area contributed by atoms with Crippen molar-refractivity contribution in [3.8, 4) is 0 Å². The molecule has 56 valence electrons. The predicted molar refractivity (Wildman–Crippen MR) is 41.0 cm³/mol. The fourth-order valence-corrected chi connectivity index (χ4v) is 0.663. The van der Waals surface area contributed by atoms with Gasteiger partial charge in [-0.25, -0.2) is 9.66 Å². The molecule has 0 fully saturated rings. The van der Waals surface area contributed by atoms with Crippen LogP contribution in [0.25, 0.3) is 0 Å². The number of nitrogens with one attached hydrogen (secondary N) is 1. The fraction of sp³-hybridized carbons (Fsp3) is 0.400. The molecule has 5 heteroatoms. The number of aromatic nitrogens is 2. The minimum Gasteiger partial charge on any atom is -0.382 e. The van der Waals surface area contributed by atoms with E-state index in [1.165, 1.54) is 10.9 Å². The van der Waals surface area contributed by atoms with E-state index in [-0.39, 0.29) is 0 Å². The van der Waals surface area contributed by atoms with Crippen molar-refractivity contribution in [1.29, 1.82) is 0 Å². The minimum absolute atomic E-state index is 0.455. The lowest BCUT2D eigenvalue weighted by Gasteiger charge is -2.01. The molecular weight excluding hydrogens is 130 g/mol. The number of imidazole rings is 1. The normalized spacial score (nSPS) is 9.70. The van der Waals surface area contributed by atoms with Gasteiger partial charge in [-0.1, -0.05) is 0 Å². The van der Waals surface area contributed by atoms with Gasteiger partial charge in [0, 0.05) is 6.54 Å². The summed E-state index contributed by atoms with van der Waals surface area (Å²) in [5.41, 5.74) is 5.41. The van der Waals surface area contributed by atoms with E-state index in [2.05, 4.69) is 10.3 Å². The zero-order chi connectivity index (χ0) is 7.56. The molecular formula is C5H11N5. The van der Waals surface area contributed by atoms with Gasteiger partial charge in [0.15, 0.2) is 0 Å². The average Bonchev–Trinajstić information content (AvgIpc) is 2.20. The maximum Gasteiger partial charge on any atom is 0.223 e. The molecule has 0 amide bonds. The van der Waals surface area contributed by atoms with Gasteiger partial charge in [-0.3, -0.25) is 0 Å². The Bertz CT molecular complexity index is 216. The molecule has 1 rings (SSSR count). The molecule has 0 unspecified atom stereocenters. The first-order valence-corrected chi connectivity index (χ1v) is 3.08. The Morgan fingerprint density at radius 2 is 2.50 bits per heavy atom. The van der Waals surface area contributed by atoms with Crippen LogP contribution in [-0.2, 0) is 0 Å². The molecule has 0 aromatic carbocycles. The van der Waals surface area contributed by atoms with E-state index in [4.69, 9.17) is 11.6 Å². The molecule has 1 aromatic heterocycles. The third-order valence-electron chi connectivity index (χ3n) is 1.16. The van der Waals surface area contributed by atoms with E-state index in [0.717, 1.165) is 6.54 Å². The Morgan fingerprint density at radius 3 is 2.90 bits per heavy atom. The molecule has 0 saturated heterocycles. The second-order valence-electron chi connectivity index (χ2n) is 1.91. The molecule has 1 aromatic rings. The first kappa shape index (κ1) is 6.73. The van der Waals surface area contributed by atoms with Gasteiger partial charge in [0.25, 0.3) is 0 Å². The molecule has 0 aliphatic carbocycles. The van der Waals surface area contributed by atoms with Crippen molar-refractivity contribution in [2.24, 2.45) is 0 Å². The highest BCUT2D eigenvalue weighted by Crippen LogP contribution is 2.05. The average molecular weight is 141 g/mol. The van der Waals surface area contributed by atoms with Crippen LogP contribution in [0, 0.1) is 0 Å². The second kappa shape index (κ2) is 2.47. The molecule has 5 nitrogen and oxygen atoms in total. The SMILES string of the molecule is CCNc1ncc(N)n1N. The van der Waals surface area contributed by atoms with Crippen molar-refractivity contribution in [3.05, 3.63) is 6.20 Å². The van der Waals surface area contributed by atoms with Gasteiger partial charge in [0.2, 0.25) is 5.95 Å². The Labute approximate surface area is 59.0 Å². The van der Waals surface area contributed by atoms with Gasteiger partial charge in [-0.2, -0.15) is 0 Å². The second-order valence-corrected chi connectivity index (χ2v) is 1.91. The van der Waals surface area contributed by atoms with Crippen LogP contribution in [-0.4, -0.2) is 16.2 Å². The standard InChI is InChI=1S/C5H11N5/c1-2-8-5-9-3-4(6)10(5)7/h3H,2,6-7H2,1H3,(H,8,9). The fourth-order valence-electron chi connectivity index (χ4n) is 0.663. The smallest absolute Gasteiger partial charge is 0.223 e. The molecule has 0 bridgehead atoms. The first-order valence-electron chi connectivity index (χ1n) is 3.08. The van der Waals surface area contributed by atoms with Crippen molar-refractivity contribution in [2.45, 2.75) is 6.92 Å². The van der Waals surface area contributed by atoms with Gasteiger partial charge in [-0.15, -0.1) is 0 Å². The van der Waals surface area contributed by atoms with Crippen molar-refractivity contribution in [1.82, 2.24) is 9.66 Å². The predicted octanol–water partition coefficient (Wildman–Crippen LogP) is -0.389. The van der Waals surface area contributed by atoms with Gasteiger partial charge in [0.1, 0.15) is 5.82 Å². The van der Waals surface area contributed by atoms with E-state index in [9.17, 15) is 0 Å². The van der Waals surface area contributed by atoms with Crippen LogP contribution in [0.2, 0.25) is 0 Å². The van der Waals surface area contributed by atoms with Gasteiger partial charge in [-0.05, 0) is 6.92 Å². The number of hydrogen-bond acceptors (Lipinski definition) is 4. The summed E-state index contributed by atoms with van der Waals surface area (Å²) in [5, 5.41) is 2.94. The summed E-state index contributed by atoms with van der Waals surface area (Å²) in [5.74, 6) is 6.51. The summed E-state index contributed by atoms with van der Waals surface area (Å²) < 4.78 is 1.31. The number of nitrogens with two attached hydrogens (primary N) is 2. The van der Waals surface area contributed by atoms with Crippen LogP contribution in [0.4, 0.5) is 11.8 Å². The summed E-state index contributed by atoms with van der Waals surface area (Å²) in [6, 6.07) is 0. The van der Waals surface area contributed by atoms with E-state index < -0.39 is 0 Å². The summed E-state index contributed by atoms with van der Waals surface area (Å²) in [6.45, 7) is 2.75. The van der Waals surface area contributed by atoms with Gasteiger partial charge < -0.3 is 16.9 Å². The quantitative estimate of drug-likeness (QED) is 0.490. The molecule has 0 aliphatic rings. The van der Waals surface area contributed by atoms with Crippen LogP contribution in [0.1, 0.15) is 6.92 Å². The van der Waals surface area contributed by atoms with E-state index in [1.807, 2.05) is 6.92 Å². The molecule has 0 radical (unpaired) electrons. The van der Waals surface area contributed by atoms with Crippen molar-refractivity contribution in [2.75, 3.05) is 23.4 Å². The number of hydrogen-bond donors (Lipinski definition) is 3. The highest BCUT2D eigenvalue weighted by atomic mass is 15.4. The molecule has 0 saturated carbocycles. The highest BCUT2D eigenvalue weighted by Gasteiger charge is 2.00. The Morgan fingerprint density at radius 1 is 1.80 bits per heavy atom. The van der Waals surface area contributed by atoms with Crippen molar-refractivity contribution in [3.63, 3.8) is 0 Å². The van der Waals surface area contributed by atoms with Crippen LogP contribution >= 0.6 is 0 Å². The Hall–Kier alpha value is -1.39. The highest BCUT2D eigenvalue weighted by molar-refractivity contribution is 5.39. The molecule has 1 heterocycles. The summed E-state index contributed by atoms with van der Waals surface area (Å²) in [6.07, 6.45) is 1.51. The van der Waals surface area contributed by atoms with Crippen LogP contribution in [0.3, 0.4) is 0 Å². The number of nitrogens with zero attached hydrogens (tertiary/aromatic N) is 2. The topological polar surface area (TPSA) is 81.9 Å². The molecule has 10 heavy (non-hydrogen) atoms. The largest absolute Gasteiger partial charge is 0.382 e. The molecule has 0 aliphatic heterocycles. The van der Waals surface area contributed by atoms with Gasteiger partial charge in [0.05, 0.1) is 6.20 Å². The zero-order valence-corrected chi connectivity index (χ0v) is 5.83. The minimum atomic E-state index is 0.455. The Kier molecular flexibility index (Phi) is 1.66. The van der Waals surface area contributed by atoms with Gasteiger partial charge >= 0.3 is 0 Å². The third kappa shape index (κ3) is 0.975. The third-order valence-corrected chi connectivity index (χ3v) is 1.16. The number of rotatable bonds is 2. The first-order chi connectivity index (χ1) is 4.75. The lowest BCUT2D eigenvalue weighted by atomic mass is 10.7. The van der Waals surface area contributed by atoms with E-state index in [0.29, 0.717) is 11.8 Å². The lowest BCUT2D eigenvalue weighted by molar-refractivity contribution is 0.988. The lowest BCUT2D eigenvalue weighted by Crippen LogP contribution is -2.15. The van der Waals surface area contributed by atoms with Crippen LogP contribution in [0.5, 0.6) is 0 Å². The van der Waals surface area contributed by atoms with E-state index >= 15 is 0 Å². The van der Waals surface area contributed by atoms with Crippen LogP contribution < -0.4 is 16.9 Å². The molecule has 5 N–H and O–H groups in total. The molecule has 0 atom stereocenters. The van der Waals surface area contributed by atoms with E-state index in [1.54, 1.807) is 0 Å². The van der Waals surface area contributed by atoms with Crippen LogP contribution in [0.15, 0.2) is 6.20 Å². The summed E-state index contributed by atoms with van der Waals surface area (Å²) in [7, 11) is 0. The molecule has 0 spiro atoms. The van der Waals surface area contributed by atoms with Crippen molar-refractivity contribution < 1.29 is 0 Å². The number of nitrogen functional groups attached to an aromatic ring is 2. The zero-order valence-electron chi connectivity index (χ0n) is 5.83. The number of anilines is 2. The Balaban J connectivity index is 2.83. The monoisotopic (exact) mass is 141 g/mol. The summed E-state index contributed by atoms with van der Waals surface area (Å²) in [4.78, 5) is 3.91. The van der Waals surface area contributed by atoms with Crippen molar-refractivity contribution >= 4 is 11.8 Å².